The number of rotatable bonds is 5. The number of nitrogens with zero attached hydrogens (tertiary/aromatic N) is 2. The molecule has 4 atom stereocenters. The van der Waals surface area contributed by atoms with E-state index in [0.717, 1.165) is 0 Å². The third-order valence-corrected chi connectivity index (χ3v) is 3.64. The lowest BCUT2D eigenvalue weighted by Crippen LogP contribution is -2.38. The zero-order valence-electron chi connectivity index (χ0n) is 11.7. The Morgan fingerprint density at radius 1 is 1.46 bits per heavy atom. The third-order valence-electron chi connectivity index (χ3n) is 3.15. The molecule has 0 bridgehead atoms. The van der Waals surface area contributed by atoms with Gasteiger partial charge in [-0.15, -0.1) is 0 Å². The number of phosphoric ester groups is 1. The van der Waals surface area contributed by atoms with E-state index in [1.165, 1.54) is 0 Å². The second kappa shape index (κ2) is 6.64. The minimum atomic E-state index is -4.87. The van der Waals surface area contributed by atoms with Gasteiger partial charge in [-0.2, -0.15) is 4.39 Å². The minimum absolute atomic E-state index is 0.452. The molecule has 1 aromatic rings. The number of ether oxygens (including phenoxy) is 1. The Kier molecular flexibility index (Phi) is 5.15. The highest BCUT2D eigenvalue weighted by molar-refractivity contribution is 7.46. The summed E-state index contributed by atoms with van der Waals surface area (Å²) < 4.78 is 33.8. The molecule has 2 rings (SSSR count). The normalized spacial score (nSPS) is 27.4. The molecule has 12 nitrogen and oxygen atoms in total. The summed E-state index contributed by atoms with van der Waals surface area (Å²) in [6.07, 6.45) is -6.06. The number of nitrogens with two attached hydrogens (primary N) is 1. The van der Waals surface area contributed by atoms with Crippen LogP contribution in [0.25, 0.3) is 0 Å². The molecule has 6 N–H and O–H groups in total. The van der Waals surface area contributed by atoms with Gasteiger partial charge in [-0.1, -0.05) is 0 Å². The van der Waals surface area contributed by atoms with Gasteiger partial charge in [0.2, 0.25) is 5.95 Å². The number of amides is 1. The van der Waals surface area contributed by atoms with Crippen LogP contribution in [0.5, 0.6) is 0 Å². The zero-order chi connectivity index (χ0) is 18.2. The summed E-state index contributed by atoms with van der Waals surface area (Å²) >= 11 is 0. The second-order valence-electron chi connectivity index (χ2n) is 4.82. The van der Waals surface area contributed by atoms with Gasteiger partial charge < -0.3 is 30.5 Å². The van der Waals surface area contributed by atoms with Crippen molar-refractivity contribution in [2.24, 2.45) is 5.73 Å². The Bertz CT molecular complexity index is 750. The van der Waals surface area contributed by atoms with Crippen molar-refractivity contribution in [1.29, 1.82) is 0 Å². The Balaban J connectivity index is 2.32. The Hall–Kier alpha value is -1.73. The number of carbonyl (C=O) groups is 1. The van der Waals surface area contributed by atoms with Crippen molar-refractivity contribution >= 4 is 13.7 Å². The maximum Gasteiger partial charge on any atom is 0.469 e. The van der Waals surface area contributed by atoms with Gasteiger partial charge in [0.25, 0.3) is 11.5 Å². The Morgan fingerprint density at radius 3 is 2.62 bits per heavy atom. The number of carbonyl (C=O) groups excluding carboxylic acids is 1. The first kappa shape index (κ1) is 18.6. The predicted molar refractivity (Wildman–Crippen MR) is 70.9 cm³/mol. The molecule has 2 heterocycles. The molecule has 1 aliphatic rings. The summed E-state index contributed by atoms with van der Waals surface area (Å²) in [5.74, 6) is -2.59. The van der Waals surface area contributed by atoms with Gasteiger partial charge in [-0.3, -0.25) is 18.7 Å². The fourth-order valence-corrected chi connectivity index (χ4v) is 2.44. The van der Waals surface area contributed by atoms with Gasteiger partial charge in [0.15, 0.2) is 11.9 Å². The molecule has 0 aliphatic carbocycles. The predicted octanol–water partition coefficient (Wildman–Crippen LogP) is -2.79. The fraction of sp³-hybridized carbons (Fsp3) is 0.500. The monoisotopic (exact) mass is 374 g/mol. The highest BCUT2D eigenvalue weighted by atomic mass is 31.2. The molecular formula is C10H13FN3O9P. The maximum absolute atomic E-state index is 13.4. The van der Waals surface area contributed by atoms with E-state index in [1.807, 2.05) is 0 Å². The van der Waals surface area contributed by atoms with Crippen molar-refractivity contribution in [3.05, 3.63) is 28.2 Å². The van der Waals surface area contributed by atoms with Crippen LogP contribution in [0.3, 0.4) is 0 Å². The van der Waals surface area contributed by atoms with Gasteiger partial charge in [0.05, 0.1) is 12.8 Å². The average molecular weight is 374 g/mol. The zero-order valence-corrected chi connectivity index (χ0v) is 12.6. The van der Waals surface area contributed by atoms with Crippen LogP contribution >= 0.6 is 7.82 Å². The number of aliphatic hydroxyl groups is 2. The number of hydrogen-bond acceptors (Lipinski definition) is 8. The summed E-state index contributed by atoms with van der Waals surface area (Å²) in [6.45, 7) is -0.815. The number of primary amides is 1. The molecule has 1 aliphatic heterocycles. The van der Waals surface area contributed by atoms with Gasteiger partial charge >= 0.3 is 7.82 Å². The molecule has 134 valence electrons. The van der Waals surface area contributed by atoms with Crippen LogP contribution in [-0.4, -0.2) is 60.4 Å². The molecule has 0 spiro atoms. The van der Waals surface area contributed by atoms with Crippen LogP contribution in [0, 0.1) is 5.95 Å². The molecule has 14 heteroatoms. The standard InChI is InChI=1S/C10H13FN3O9P/c11-4-1-14(9(18)5(13-4)8(12)17)10-7(16)6(15)3(23-10)2-22-24(19,20)21/h1,3,6-7,10,15-16H,2H2,(H2,12,17)(H2,19,20,21)/t3-,6-,7-,10-/m1/s1/i2+1,3+1,6+1,7+1,10+1. The minimum Gasteiger partial charge on any atom is -0.387 e. The number of aliphatic hydroxyl groups excluding tert-OH is 2. The number of phosphoric acid groups is 1. The van der Waals surface area contributed by atoms with E-state index in [0.29, 0.717) is 10.8 Å². The maximum atomic E-state index is 13.4. The SMILES string of the molecule is NC(=O)c1nc(F)cn([13C@@H]2O[13C@H]([13CH2]OP(=O)(O)O)[13C@@H](O)[13C@H]2O)c1=O. The van der Waals surface area contributed by atoms with Crippen LogP contribution < -0.4 is 11.3 Å². The van der Waals surface area contributed by atoms with Gasteiger partial charge in [0, 0.05) is 0 Å². The van der Waals surface area contributed by atoms with Gasteiger partial charge in [-0.25, -0.2) is 9.55 Å². The molecular weight excluding hydrogens is 361 g/mol. The largest absolute Gasteiger partial charge is 0.469 e. The molecule has 0 aromatic carbocycles. The molecule has 1 fully saturated rings. The second-order valence-corrected chi connectivity index (χ2v) is 6.06. The molecule has 1 saturated heterocycles. The van der Waals surface area contributed by atoms with Crippen molar-refractivity contribution in [2.45, 2.75) is 24.5 Å². The third kappa shape index (κ3) is 3.84. The molecule has 1 aromatic heterocycles. The number of aromatic nitrogens is 2. The molecule has 24 heavy (non-hydrogen) atoms. The van der Waals surface area contributed by atoms with Crippen molar-refractivity contribution in [2.75, 3.05) is 6.61 Å². The van der Waals surface area contributed by atoms with E-state index in [2.05, 4.69) is 9.51 Å². The van der Waals surface area contributed by atoms with Crippen LogP contribution in [0.1, 0.15) is 16.7 Å². The molecule has 1 amide bonds. The summed E-state index contributed by atoms with van der Waals surface area (Å²) in [5.41, 5.74) is 2.76. The Labute approximate surface area is 132 Å². The summed E-state index contributed by atoms with van der Waals surface area (Å²) in [7, 11) is -4.87. The van der Waals surface area contributed by atoms with E-state index >= 15 is 0 Å². The van der Waals surface area contributed by atoms with Crippen LogP contribution in [0.15, 0.2) is 11.0 Å². The Morgan fingerprint density at radius 2 is 2.08 bits per heavy atom. The highest BCUT2D eigenvalue weighted by Crippen LogP contribution is 2.38. The van der Waals surface area contributed by atoms with Crippen LogP contribution in [-0.2, 0) is 13.8 Å². The molecule has 0 radical (unpaired) electrons. The van der Waals surface area contributed by atoms with Gasteiger partial charge in [0.1, 0.15) is 18.3 Å². The van der Waals surface area contributed by atoms with E-state index in [1.54, 1.807) is 0 Å². The lowest BCUT2D eigenvalue weighted by atomic mass is 10.4. The quantitative estimate of drug-likeness (QED) is 0.265. The fourth-order valence-electron chi connectivity index (χ4n) is 2.10. The lowest BCUT2D eigenvalue weighted by Gasteiger charge is -2.18. The van der Waals surface area contributed by atoms with E-state index < -0.39 is 62.1 Å². The average Bonchev–Trinajstić information content (AvgIpc) is 2.74. The topological polar surface area (TPSA) is 194 Å². The summed E-state index contributed by atoms with van der Waals surface area (Å²) in [6, 6.07) is 0. The summed E-state index contributed by atoms with van der Waals surface area (Å²) in [4.78, 5) is 43.4. The van der Waals surface area contributed by atoms with Crippen molar-refractivity contribution in [3.8, 4) is 0 Å². The van der Waals surface area contributed by atoms with Crippen LogP contribution in [0.2, 0.25) is 0 Å². The lowest BCUT2D eigenvalue weighted by molar-refractivity contribution is -0.0542. The number of hydrogen-bond donors (Lipinski definition) is 5. The van der Waals surface area contributed by atoms with Crippen molar-refractivity contribution in [3.63, 3.8) is 0 Å². The first-order valence-electron chi connectivity index (χ1n) is 6.31. The highest BCUT2D eigenvalue weighted by Gasteiger charge is 2.45. The first-order chi connectivity index (χ1) is 11.0. The van der Waals surface area contributed by atoms with E-state index in [4.69, 9.17) is 20.3 Å². The molecule has 0 saturated carbocycles. The molecule has 0 unspecified atom stereocenters. The van der Waals surface area contributed by atoms with E-state index in [-0.39, 0.29) is 0 Å². The van der Waals surface area contributed by atoms with Crippen molar-refractivity contribution in [1.82, 2.24) is 9.55 Å². The van der Waals surface area contributed by atoms with Gasteiger partial charge in [-0.05, 0) is 0 Å². The smallest absolute Gasteiger partial charge is 0.387 e. The van der Waals surface area contributed by atoms with E-state index in [9.17, 15) is 28.8 Å². The number of halogens is 1. The van der Waals surface area contributed by atoms with Crippen LogP contribution in [0.4, 0.5) is 4.39 Å². The first-order valence-corrected chi connectivity index (χ1v) is 7.84. The summed E-state index contributed by atoms with van der Waals surface area (Å²) in [5, 5.41) is 19.7. The van der Waals surface area contributed by atoms with Crippen molar-refractivity contribution < 1.29 is 43.0 Å².